The van der Waals surface area contributed by atoms with Crippen LogP contribution in [0.5, 0.6) is 0 Å². The van der Waals surface area contributed by atoms with Gasteiger partial charge in [0.2, 0.25) is 0 Å². The fraction of sp³-hybridized carbons (Fsp3) is 0.0625. The number of sulfone groups is 1. The molecule has 1 aromatic carbocycles. The summed E-state index contributed by atoms with van der Waals surface area (Å²) in [6.45, 7) is 10.6. The number of benzene rings is 1. The van der Waals surface area contributed by atoms with Crippen molar-refractivity contribution in [1.82, 2.24) is 0 Å². The minimum Gasteiger partial charge on any atom is -0.0312 e. The summed E-state index contributed by atoms with van der Waals surface area (Å²) in [5, 5.41) is 1.07. The van der Waals surface area contributed by atoms with Crippen LogP contribution >= 0.6 is 0 Å². The zero-order chi connectivity index (χ0) is 16.6. The third-order valence-electron chi connectivity index (χ3n) is 1.90. The van der Waals surface area contributed by atoms with E-state index in [1.54, 1.807) is 37.3 Å². The van der Waals surface area contributed by atoms with Gasteiger partial charge in [-0.25, -0.2) is 8.42 Å². The van der Waals surface area contributed by atoms with Crippen LogP contribution < -0.4 is 0 Å². The molecule has 0 aromatic heterocycles. The first-order valence-corrected chi connectivity index (χ1v) is 7.09. The van der Waals surface area contributed by atoms with Gasteiger partial charge in [-0.3, -0.25) is 0 Å². The van der Waals surface area contributed by atoms with Crippen molar-refractivity contribution in [3.63, 3.8) is 0 Å². The number of rotatable bonds is 2. The van der Waals surface area contributed by atoms with Crippen molar-refractivity contribution in [2.75, 3.05) is 0 Å². The second-order valence-electron chi connectivity index (χ2n) is 3.23. The summed E-state index contributed by atoms with van der Waals surface area (Å²) in [6.07, 6.45) is 12.5. The quantitative estimate of drug-likeness (QED) is 0.463. The van der Waals surface area contributed by atoms with Gasteiger partial charge in [-0.2, -0.15) is 6.92 Å². The summed E-state index contributed by atoms with van der Waals surface area (Å²) in [5.41, 5.74) is 0. The normalized spacial score (nSPS) is 12.2. The third kappa shape index (κ3) is 12.6. The zero-order valence-electron chi connectivity index (χ0n) is 11.7. The van der Waals surface area contributed by atoms with E-state index >= 15 is 0 Å². The van der Waals surface area contributed by atoms with Crippen LogP contribution in [-0.2, 0) is 36.2 Å². The summed E-state index contributed by atoms with van der Waals surface area (Å²) < 4.78 is 37.6. The summed E-state index contributed by atoms with van der Waals surface area (Å²) in [5.74, 6) is 0. The van der Waals surface area contributed by atoms with Crippen LogP contribution in [0.1, 0.15) is 6.92 Å². The Morgan fingerprint density at radius 2 is 1.27 bits per heavy atom. The van der Waals surface area contributed by atoms with E-state index in [1.165, 1.54) is 0 Å². The number of hydrogen-bond acceptors (Lipinski definition) is 2. The fourth-order valence-electron chi connectivity index (χ4n) is 1.15. The fourth-order valence-corrected chi connectivity index (χ4v) is 2.14. The van der Waals surface area contributed by atoms with E-state index in [-0.39, 0.29) is 17.1 Å². The molecule has 0 N–H and O–H groups in total. The van der Waals surface area contributed by atoms with Gasteiger partial charge in [0, 0.05) is 0 Å². The van der Waals surface area contributed by atoms with E-state index in [2.05, 4.69) is 19.4 Å². The predicted octanol–water partition coefficient (Wildman–Crippen LogP) is 2.74. The Morgan fingerprint density at radius 3 is 1.59 bits per heavy atom. The molecule has 0 amide bonds. The summed E-state index contributed by atoms with van der Waals surface area (Å²) in [7, 11) is -3.25. The van der Waals surface area contributed by atoms with Crippen molar-refractivity contribution < 1.29 is 34.8 Å². The molecule has 1 aliphatic rings. The molecule has 0 unspecified atom stereocenters. The monoisotopic (exact) mass is 358 g/mol. The van der Waals surface area contributed by atoms with E-state index in [9.17, 15) is 8.42 Å². The standard InChI is InChI=1S/C9H9O2S.C5H5.2CO.Fe/c1-2-8-12(10,11)9-6-4-3-5-7-9;1-2-4-5-3-1;2*1-2;/h3-8H,1H3;1-5H;;;/q-1;;;;+2. The van der Waals surface area contributed by atoms with Crippen molar-refractivity contribution in [3.05, 3.63) is 87.2 Å². The molecule has 4 nitrogen and oxygen atoms in total. The van der Waals surface area contributed by atoms with Gasteiger partial charge < -0.3 is 6.08 Å². The first-order valence-electron chi connectivity index (χ1n) is 5.55. The molecule has 1 aliphatic carbocycles. The summed E-state index contributed by atoms with van der Waals surface area (Å²) in [6, 6.07) is 8.28. The molecule has 0 heterocycles. The molecule has 2 rings (SSSR count). The van der Waals surface area contributed by atoms with E-state index in [1.807, 2.05) is 32.1 Å². The van der Waals surface area contributed by atoms with E-state index in [0.29, 0.717) is 4.90 Å². The van der Waals surface area contributed by atoms with Crippen molar-refractivity contribution in [2.45, 2.75) is 11.8 Å². The summed E-state index contributed by atoms with van der Waals surface area (Å²) >= 11 is 0. The Bertz CT molecular complexity index is 501. The van der Waals surface area contributed by atoms with Gasteiger partial charge in [0.25, 0.3) is 0 Å². The molecule has 22 heavy (non-hydrogen) atoms. The van der Waals surface area contributed by atoms with Crippen LogP contribution in [-0.4, -0.2) is 8.42 Å². The van der Waals surface area contributed by atoms with E-state index < -0.39 is 9.84 Å². The van der Waals surface area contributed by atoms with Gasteiger partial charge in [-0.15, -0.1) is 5.41 Å². The molecule has 115 valence electrons. The van der Waals surface area contributed by atoms with Crippen LogP contribution in [0.2, 0.25) is 0 Å². The molecular formula is C16H14FeO4S+. The Labute approximate surface area is 143 Å². The predicted molar refractivity (Wildman–Crippen MR) is 76.5 cm³/mol. The Kier molecular flexibility index (Phi) is 21.1. The second kappa shape index (κ2) is 18.0. The average Bonchev–Trinajstić information content (AvgIpc) is 3.12. The van der Waals surface area contributed by atoms with Crippen LogP contribution in [0, 0.1) is 51.5 Å². The maximum Gasteiger partial charge on any atom is 2.00 e. The average molecular weight is 358 g/mol. The SMILES string of the molecule is C[C-]=CS(=O)(=O)c1ccccc1.[C-]#[O+].[C-]#[O+].[CH]1[CH][CH][CH][CH]1.[Fe+2]. The Morgan fingerprint density at radius 1 is 0.909 bits per heavy atom. The Hall–Kier alpha value is -1.09. The van der Waals surface area contributed by atoms with Gasteiger partial charge in [-0.05, 0) is 44.2 Å². The number of hydrogen-bond donors (Lipinski definition) is 0. The third-order valence-corrected chi connectivity index (χ3v) is 3.38. The Balaban J connectivity index is -0.000000303. The topological polar surface area (TPSA) is 73.9 Å². The minimum atomic E-state index is -3.25. The first kappa shape index (κ1) is 25.8. The van der Waals surface area contributed by atoms with Crippen LogP contribution in [0.15, 0.2) is 40.6 Å². The maximum absolute atomic E-state index is 11.3. The zero-order valence-corrected chi connectivity index (χ0v) is 13.7. The first-order chi connectivity index (χ1) is 10.2. The van der Waals surface area contributed by atoms with Gasteiger partial charge >= 0.3 is 39.7 Å². The van der Waals surface area contributed by atoms with Crippen molar-refractivity contribution in [3.8, 4) is 0 Å². The molecule has 1 saturated carbocycles. The molecule has 0 bridgehead atoms. The molecule has 1 fully saturated rings. The molecular weight excluding hydrogens is 344 g/mol. The van der Waals surface area contributed by atoms with Gasteiger partial charge in [-0.1, -0.05) is 18.2 Å². The van der Waals surface area contributed by atoms with Crippen LogP contribution in [0.25, 0.3) is 0 Å². The van der Waals surface area contributed by atoms with Crippen molar-refractivity contribution in [1.29, 1.82) is 0 Å². The summed E-state index contributed by atoms with van der Waals surface area (Å²) in [4.78, 5) is 0.305. The van der Waals surface area contributed by atoms with Crippen LogP contribution in [0.4, 0.5) is 0 Å². The molecule has 0 spiro atoms. The molecule has 0 aliphatic heterocycles. The molecule has 5 radical (unpaired) electrons. The van der Waals surface area contributed by atoms with E-state index in [0.717, 1.165) is 5.41 Å². The van der Waals surface area contributed by atoms with Crippen LogP contribution in [0.3, 0.4) is 0 Å². The van der Waals surface area contributed by atoms with Crippen molar-refractivity contribution >= 4 is 9.84 Å². The minimum absolute atomic E-state index is 0. The largest absolute Gasteiger partial charge is 2.00 e. The second-order valence-corrected chi connectivity index (χ2v) is 5.02. The maximum atomic E-state index is 11.3. The van der Waals surface area contributed by atoms with Crippen molar-refractivity contribution in [2.24, 2.45) is 0 Å². The van der Waals surface area contributed by atoms with Gasteiger partial charge in [0.15, 0.2) is 9.84 Å². The molecule has 0 atom stereocenters. The molecule has 6 heteroatoms. The molecule has 1 aromatic rings. The van der Waals surface area contributed by atoms with E-state index in [4.69, 9.17) is 9.30 Å². The number of allylic oxidation sites excluding steroid dienone is 1. The van der Waals surface area contributed by atoms with Gasteiger partial charge in [0.05, 0.1) is 4.90 Å². The van der Waals surface area contributed by atoms with Gasteiger partial charge in [0.1, 0.15) is 0 Å². The smallest absolute Gasteiger partial charge is 0.0312 e. The molecule has 0 saturated heterocycles.